The van der Waals surface area contributed by atoms with Gasteiger partial charge in [-0.1, -0.05) is 9.97 Å². The van der Waals surface area contributed by atoms with Crippen LogP contribution in [-0.2, 0) is 0 Å². The summed E-state index contributed by atoms with van der Waals surface area (Å²) in [6.45, 7) is 13.5. The Morgan fingerprint density at radius 1 is 0.870 bits per heavy atom. The van der Waals surface area contributed by atoms with Crippen molar-refractivity contribution in [3.8, 4) is 12.0 Å². The predicted molar refractivity (Wildman–Crippen MR) is 85.7 cm³/mol. The Labute approximate surface area is 136 Å². The maximum Gasteiger partial charge on any atom is 0.391 e. The average Bonchev–Trinajstić information content (AvgIpc) is 2.34. The van der Waals surface area contributed by atoms with E-state index in [-0.39, 0.29) is 12.1 Å². The molecule has 8 nitrogen and oxygen atoms in total. The van der Waals surface area contributed by atoms with Crippen molar-refractivity contribution >= 4 is 5.95 Å². The van der Waals surface area contributed by atoms with Crippen LogP contribution in [0.25, 0.3) is 5.95 Å². The second-order valence-corrected chi connectivity index (χ2v) is 5.91. The topological polar surface area (TPSA) is 89.6 Å². The van der Waals surface area contributed by atoms with Crippen LogP contribution in [0, 0.1) is 20.8 Å². The first-order valence-electron chi connectivity index (χ1n) is 7.69. The van der Waals surface area contributed by atoms with E-state index < -0.39 is 0 Å². The molecule has 0 atom stereocenters. The Bertz CT molecular complexity index is 700. The Balaban J connectivity index is 2.58. The number of nitrogens with zero attached hydrogens (tertiary/aromatic N) is 6. The van der Waals surface area contributed by atoms with Crippen molar-refractivity contribution in [2.75, 3.05) is 5.32 Å². The van der Waals surface area contributed by atoms with E-state index in [0.717, 1.165) is 0 Å². The summed E-state index contributed by atoms with van der Waals surface area (Å²) >= 11 is 0. The van der Waals surface area contributed by atoms with E-state index in [1.165, 1.54) is 0 Å². The first kappa shape index (κ1) is 17.0. The molecule has 0 saturated heterocycles. The molecular weight excluding hydrogens is 294 g/mol. The van der Waals surface area contributed by atoms with Crippen molar-refractivity contribution in [1.29, 1.82) is 0 Å². The van der Waals surface area contributed by atoms with Gasteiger partial charge in [-0.25, -0.2) is 0 Å². The van der Waals surface area contributed by atoms with Crippen LogP contribution in [0.3, 0.4) is 0 Å². The molecule has 0 aliphatic heterocycles. The van der Waals surface area contributed by atoms with Gasteiger partial charge in [0.25, 0.3) is 5.95 Å². The fourth-order valence-corrected chi connectivity index (χ4v) is 2.05. The molecule has 0 fully saturated rings. The Morgan fingerprint density at radius 2 is 1.52 bits per heavy atom. The number of ether oxygens (including phenoxy) is 1. The molecule has 2 rings (SSSR count). The van der Waals surface area contributed by atoms with Crippen LogP contribution >= 0.6 is 0 Å². The van der Waals surface area contributed by atoms with Gasteiger partial charge in [0.2, 0.25) is 5.82 Å². The molecule has 0 spiro atoms. The summed E-state index contributed by atoms with van der Waals surface area (Å²) in [5.74, 6) is 2.91. The minimum Gasteiger partial charge on any atom is -0.447 e. The first-order chi connectivity index (χ1) is 10.8. The minimum absolute atomic E-state index is 0.0221. The van der Waals surface area contributed by atoms with E-state index in [1.54, 1.807) is 4.57 Å². The molecule has 1 N–H and O–H groups in total. The van der Waals surface area contributed by atoms with Crippen molar-refractivity contribution in [3.05, 3.63) is 17.5 Å². The molecule has 2 aromatic rings. The molecule has 0 saturated carbocycles. The largest absolute Gasteiger partial charge is 0.447 e. The maximum absolute atomic E-state index is 5.81. The Morgan fingerprint density at radius 3 is 2.13 bits per heavy atom. The van der Waals surface area contributed by atoms with Crippen molar-refractivity contribution in [3.63, 3.8) is 0 Å². The van der Waals surface area contributed by atoms with Gasteiger partial charge < -0.3 is 10.1 Å². The molecule has 0 unspecified atom stereocenters. The van der Waals surface area contributed by atoms with Gasteiger partial charge in [0.05, 0.1) is 6.10 Å². The maximum atomic E-state index is 5.81. The summed E-state index contributed by atoms with van der Waals surface area (Å²) < 4.78 is 7.51. The molecule has 23 heavy (non-hydrogen) atoms. The molecule has 124 valence electrons. The number of aryl methyl sites for hydroxylation is 3. The highest BCUT2D eigenvalue weighted by Crippen LogP contribution is 2.09. The van der Waals surface area contributed by atoms with Crippen molar-refractivity contribution in [2.24, 2.45) is 0 Å². The second-order valence-electron chi connectivity index (χ2n) is 5.91. The van der Waals surface area contributed by atoms with Crippen molar-refractivity contribution < 1.29 is 9.30 Å². The van der Waals surface area contributed by atoms with Crippen LogP contribution in [0.15, 0.2) is 0 Å². The SMILES string of the molecule is Cc1nc(NC(C)C)nc(-[n+]2c(C)nc(C)nc2OC(C)C)n1. The zero-order chi connectivity index (χ0) is 17.1. The predicted octanol–water partition coefficient (Wildman–Crippen LogP) is 1.47. The number of hydrogen-bond acceptors (Lipinski definition) is 7. The van der Waals surface area contributed by atoms with E-state index in [0.29, 0.717) is 35.4 Å². The van der Waals surface area contributed by atoms with Gasteiger partial charge >= 0.3 is 12.0 Å². The van der Waals surface area contributed by atoms with Gasteiger partial charge in [0, 0.05) is 26.8 Å². The van der Waals surface area contributed by atoms with Gasteiger partial charge in [0.15, 0.2) is 11.6 Å². The highest BCUT2D eigenvalue weighted by atomic mass is 16.5. The summed E-state index contributed by atoms with van der Waals surface area (Å²) in [5.41, 5.74) is 0. The molecule has 0 bridgehead atoms. The third-order valence-electron chi connectivity index (χ3n) is 2.79. The first-order valence-corrected chi connectivity index (χ1v) is 7.69. The average molecular weight is 318 g/mol. The molecule has 0 aromatic carbocycles. The van der Waals surface area contributed by atoms with Gasteiger partial charge in [0.1, 0.15) is 0 Å². The Hall–Kier alpha value is -2.38. The number of hydrogen-bond donors (Lipinski definition) is 1. The van der Waals surface area contributed by atoms with E-state index in [4.69, 9.17) is 4.74 Å². The third kappa shape index (κ3) is 4.30. The molecular formula is C15H24N7O+. The second kappa shape index (κ2) is 6.80. The van der Waals surface area contributed by atoms with Crippen LogP contribution in [0.4, 0.5) is 5.95 Å². The lowest BCUT2D eigenvalue weighted by molar-refractivity contribution is -0.625. The molecule has 2 heterocycles. The van der Waals surface area contributed by atoms with Crippen LogP contribution in [-0.4, -0.2) is 37.1 Å². The summed E-state index contributed by atoms with van der Waals surface area (Å²) in [5, 5.41) is 3.19. The standard InChI is InChI=1S/C15H24N7O/c1-8(2)16-13-18-11(6)19-14(21-13)22-12(7)17-10(5)20-15(22)23-9(3)4/h8-9H,1-7H3,(H,16,18,19,21)/q+1. The molecule has 0 radical (unpaired) electrons. The van der Waals surface area contributed by atoms with Gasteiger partial charge in [-0.15, -0.1) is 14.5 Å². The lowest BCUT2D eigenvalue weighted by Gasteiger charge is -2.12. The van der Waals surface area contributed by atoms with Gasteiger partial charge in [-0.2, -0.15) is 4.98 Å². The quantitative estimate of drug-likeness (QED) is 0.835. The molecule has 0 aliphatic rings. The van der Waals surface area contributed by atoms with Gasteiger partial charge in [-0.3, -0.25) is 0 Å². The van der Waals surface area contributed by atoms with E-state index in [1.807, 2.05) is 48.5 Å². The summed E-state index contributed by atoms with van der Waals surface area (Å²) in [4.78, 5) is 22.0. The summed E-state index contributed by atoms with van der Waals surface area (Å²) in [6.07, 6.45) is -0.0221. The normalized spacial score (nSPS) is 11.2. The minimum atomic E-state index is -0.0221. The highest BCUT2D eigenvalue weighted by Gasteiger charge is 2.23. The zero-order valence-corrected chi connectivity index (χ0v) is 14.7. The molecule has 8 heteroatoms. The zero-order valence-electron chi connectivity index (χ0n) is 14.7. The highest BCUT2D eigenvalue weighted by molar-refractivity contribution is 5.27. The van der Waals surface area contributed by atoms with E-state index in [9.17, 15) is 0 Å². The van der Waals surface area contributed by atoms with Crippen molar-refractivity contribution in [2.45, 2.75) is 60.6 Å². The monoisotopic (exact) mass is 318 g/mol. The Kier molecular flexibility index (Phi) is 5.02. The number of rotatable bonds is 5. The molecule has 0 aliphatic carbocycles. The number of nitrogens with one attached hydrogen (secondary N) is 1. The number of aromatic nitrogens is 6. The van der Waals surface area contributed by atoms with Crippen LogP contribution in [0.5, 0.6) is 6.01 Å². The third-order valence-corrected chi connectivity index (χ3v) is 2.79. The smallest absolute Gasteiger partial charge is 0.391 e. The summed E-state index contributed by atoms with van der Waals surface area (Å²) in [6, 6.07) is 0.641. The lowest BCUT2D eigenvalue weighted by atomic mass is 10.4. The van der Waals surface area contributed by atoms with E-state index >= 15 is 0 Å². The van der Waals surface area contributed by atoms with Crippen molar-refractivity contribution in [1.82, 2.24) is 24.9 Å². The number of anilines is 1. The van der Waals surface area contributed by atoms with Crippen LogP contribution < -0.4 is 14.6 Å². The fourth-order valence-electron chi connectivity index (χ4n) is 2.05. The summed E-state index contributed by atoms with van der Waals surface area (Å²) in [7, 11) is 0. The van der Waals surface area contributed by atoms with Crippen LogP contribution in [0.1, 0.15) is 45.2 Å². The molecule has 2 aromatic heterocycles. The molecule has 0 amide bonds. The van der Waals surface area contributed by atoms with Gasteiger partial charge in [-0.05, 0) is 27.7 Å². The van der Waals surface area contributed by atoms with E-state index in [2.05, 4.69) is 30.2 Å². The fraction of sp³-hybridized carbons (Fsp3) is 0.600. The van der Waals surface area contributed by atoms with Crippen LogP contribution in [0.2, 0.25) is 0 Å². The lowest BCUT2D eigenvalue weighted by Crippen LogP contribution is -2.42.